The Labute approximate surface area is 215 Å². The third-order valence-electron chi connectivity index (χ3n) is 6.31. The van der Waals surface area contributed by atoms with Gasteiger partial charge in [-0.25, -0.2) is 0 Å². The Morgan fingerprint density at radius 1 is 0.892 bits per heavy atom. The van der Waals surface area contributed by atoms with E-state index < -0.39 is 23.0 Å². The molecule has 0 saturated carbocycles. The molecule has 3 aromatic carbocycles. The quantitative estimate of drug-likeness (QED) is 0.402. The number of aliphatic hydroxyl groups is 1. The Kier molecular flexibility index (Phi) is 7.38. The van der Waals surface area contributed by atoms with Crippen molar-refractivity contribution in [2.24, 2.45) is 0 Å². The van der Waals surface area contributed by atoms with Crippen molar-refractivity contribution in [1.29, 1.82) is 0 Å². The van der Waals surface area contributed by atoms with Crippen LogP contribution in [-0.2, 0) is 16.9 Å². The molecule has 4 rings (SSSR count). The number of ether oxygens (including phenoxy) is 4. The van der Waals surface area contributed by atoms with Crippen molar-refractivity contribution in [3.8, 4) is 23.0 Å². The third kappa shape index (κ3) is 4.70. The van der Waals surface area contributed by atoms with Gasteiger partial charge in [0.05, 0.1) is 27.9 Å². The van der Waals surface area contributed by atoms with Crippen molar-refractivity contribution in [2.75, 3.05) is 27.9 Å². The van der Waals surface area contributed by atoms with Crippen LogP contribution in [0.5, 0.6) is 23.0 Å². The Morgan fingerprint density at radius 3 is 2.27 bits per heavy atom. The van der Waals surface area contributed by atoms with E-state index in [0.29, 0.717) is 40.7 Å². The van der Waals surface area contributed by atoms with Crippen LogP contribution in [-0.4, -0.2) is 49.6 Å². The number of hydrogen-bond acceptors (Lipinski definition) is 7. The molecule has 37 heavy (non-hydrogen) atoms. The predicted octanol–water partition coefficient (Wildman–Crippen LogP) is 4.67. The summed E-state index contributed by atoms with van der Waals surface area (Å²) in [6, 6.07) is 18.9. The second-order valence-corrected chi connectivity index (χ2v) is 8.40. The summed E-state index contributed by atoms with van der Waals surface area (Å²) in [4.78, 5) is 29.0. The van der Waals surface area contributed by atoms with Crippen molar-refractivity contribution in [3.63, 3.8) is 0 Å². The van der Waals surface area contributed by atoms with Crippen molar-refractivity contribution in [2.45, 2.75) is 19.0 Å². The number of carbonyl (C=O) groups excluding carboxylic acids is 2. The van der Waals surface area contributed by atoms with Crippen molar-refractivity contribution < 1.29 is 33.6 Å². The molecule has 3 aromatic rings. The minimum Gasteiger partial charge on any atom is -0.503 e. The van der Waals surface area contributed by atoms with Gasteiger partial charge in [-0.2, -0.15) is 0 Å². The van der Waals surface area contributed by atoms with Crippen molar-refractivity contribution in [3.05, 3.63) is 95.3 Å². The zero-order valence-corrected chi connectivity index (χ0v) is 21.2. The summed E-state index contributed by atoms with van der Waals surface area (Å²) in [5.74, 6) is 0.486. The number of ketones is 1. The molecule has 1 heterocycles. The molecule has 0 aliphatic carbocycles. The van der Waals surface area contributed by atoms with Gasteiger partial charge in [-0.15, -0.1) is 0 Å². The summed E-state index contributed by atoms with van der Waals surface area (Å²) >= 11 is 0. The number of methoxy groups -OCH3 is 3. The largest absolute Gasteiger partial charge is 0.503 e. The Balaban J connectivity index is 1.90. The zero-order valence-electron chi connectivity index (χ0n) is 21.2. The van der Waals surface area contributed by atoms with E-state index in [1.54, 1.807) is 67.8 Å². The second-order valence-electron chi connectivity index (χ2n) is 8.40. The van der Waals surface area contributed by atoms with E-state index in [-0.39, 0.29) is 6.54 Å². The molecule has 1 aliphatic heterocycles. The van der Waals surface area contributed by atoms with Gasteiger partial charge in [0.15, 0.2) is 28.6 Å². The Morgan fingerprint density at radius 2 is 1.62 bits per heavy atom. The van der Waals surface area contributed by atoms with Crippen LogP contribution in [0.15, 0.2) is 78.6 Å². The normalized spacial score (nSPS) is 16.8. The van der Waals surface area contributed by atoms with E-state index in [1.165, 1.54) is 25.2 Å². The topological polar surface area (TPSA) is 94.5 Å². The number of benzene rings is 3. The van der Waals surface area contributed by atoms with Gasteiger partial charge in [-0.3, -0.25) is 9.59 Å². The van der Waals surface area contributed by atoms with Gasteiger partial charge in [0.2, 0.25) is 0 Å². The Bertz CT molecular complexity index is 1330. The van der Waals surface area contributed by atoms with Gasteiger partial charge in [0.25, 0.3) is 5.91 Å². The lowest BCUT2D eigenvalue weighted by molar-refractivity contribution is -0.131. The highest BCUT2D eigenvalue weighted by Gasteiger charge is 2.52. The van der Waals surface area contributed by atoms with Gasteiger partial charge in [0.1, 0.15) is 11.5 Å². The molecule has 8 nitrogen and oxygen atoms in total. The lowest BCUT2D eigenvalue weighted by Crippen LogP contribution is -2.49. The van der Waals surface area contributed by atoms with Gasteiger partial charge >= 0.3 is 0 Å². The molecule has 8 heteroatoms. The second kappa shape index (κ2) is 10.7. The van der Waals surface area contributed by atoms with E-state index in [4.69, 9.17) is 18.9 Å². The third-order valence-corrected chi connectivity index (χ3v) is 6.31. The van der Waals surface area contributed by atoms with Gasteiger partial charge in [-0.05, 0) is 66.6 Å². The molecule has 1 unspecified atom stereocenters. The molecular formula is C29H29NO7. The molecule has 1 aliphatic rings. The number of amides is 1. The summed E-state index contributed by atoms with van der Waals surface area (Å²) in [6.07, 6.45) is 1.30. The number of carbonyl (C=O) groups is 2. The fourth-order valence-electron chi connectivity index (χ4n) is 4.51. The fraction of sp³-hybridized carbons (Fsp3) is 0.241. The molecule has 192 valence electrons. The summed E-state index contributed by atoms with van der Waals surface area (Å²) in [5, 5.41) is 10.7. The van der Waals surface area contributed by atoms with Crippen LogP contribution in [0.25, 0.3) is 0 Å². The molecule has 0 saturated heterocycles. The highest BCUT2D eigenvalue weighted by Crippen LogP contribution is 2.44. The lowest BCUT2D eigenvalue weighted by Gasteiger charge is -2.37. The number of aliphatic hydroxyl groups excluding tert-OH is 1. The van der Waals surface area contributed by atoms with Crippen LogP contribution in [0.3, 0.4) is 0 Å². The van der Waals surface area contributed by atoms with Gasteiger partial charge < -0.3 is 29.0 Å². The van der Waals surface area contributed by atoms with Crippen LogP contribution in [0.4, 0.5) is 0 Å². The zero-order chi connectivity index (χ0) is 26.6. The molecular weight excluding hydrogens is 474 g/mol. The maximum Gasteiger partial charge on any atom is 0.290 e. The first kappa shape index (κ1) is 25.6. The van der Waals surface area contributed by atoms with E-state index in [2.05, 4.69) is 0 Å². The minimum atomic E-state index is -1.66. The van der Waals surface area contributed by atoms with E-state index in [9.17, 15) is 14.7 Å². The molecule has 0 radical (unpaired) electrons. The number of rotatable bonds is 10. The van der Waals surface area contributed by atoms with E-state index >= 15 is 0 Å². The molecule has 0 bridgehead atoms. The first-order chi connectivity index (χ1) is 17.9. The van der Waals surface area contributed by atoms with Crippen LogP contribution < -0.4 is 18.9 Å². The van der Waals surface area contributed by atoms with Crippen molar-refractivity contribution in [1.82, 2.24) is 4.90 Å². The predicted molar refractivity (Wildman–Crippen MR) is 137 cm³/mol. The standard InChI is InChI=1S/C29H29NO7/c1-5-37-22-12-9-20(10-13-22)27(32)29(21-11-14-25(35-3)26(16-21)36-4)17-24(31)28(33)30(29)18-19-7-6-8-23(15-19)34-2/h6-17,31H,5,18H2,1-4H3. The maximum atomic E-state index is 14.3. The first-order valence-corrected chi connectivity index (χ1v) is 11.7. The Hall–Kier alpha value is -4.46. The molecule has 0 aromatic heterocycles. The summed E-state index contributed by atoms with van der Waals surface area (Å²) in [6.45, 7) is 2.40. The van der Waals surface area contributed by atoms with Crippen LogP contribution in [0.1, 0.15) is 28.4 Å². The van der Waals surface area contributed by atoms with Crippen LogP contribution >= 0.6 is 0 Å². The summed E-state index contributed by atoms with van der Waals surface area (Å²) in [7, 11) is 4.55. The van der Waals surface area contributed by atoms with Crippen LogP contribution in [0.2, 0.25) is 0 Å². The highest BCUT2D eigenvalue weighted by molar-refractivity contribution is 6.11. The molecule has 1 atom stereocenters. The first-order valence-electron chi connectivity index (χ1n) is 11.7. The minimum absolute atomic E-state index is 0.0354. The molecule has 1 amide bonds. The molecule has 1 N–H and O–H groups in total. The highest BCUT2D eigenvalue weighted by atomic mass is 16.5. The van der Waals surface area contributed by atoms with Crippen LogP contribution in [0, 0.1) is 0 Å². The monoisotopic (exact) mass is 503 g/mol. The summed E-state index contributed by atoms with van der Waals surface area (Å²) < 4.78 is 21.7. The van der Waals surface area contributed by atoms with E-state index in [0.717, 1.165) is 5.56 Å². The number of nitrogens with zero attached hydrogens (tertiary/aromatic N) is 1. The maximum absolute atomic E-state index is 14.3. The van der Waals surface area contributed by atoms with Gasteiger partial charge in [0, 0.05) is 18.2 Å². The summed E-state index contributed by atoms with van der Waals surface area (Å²) in [5.41, 5.74) is -0.159. The number of Topliss-reactive ketones (excluding diaryl/α,β-unsaturated/α-hetero) is 1. The molecule has 0 fully saturated rings. The smallest absolute Gasteiger partial charge is 0.290 e. The fourth-order valence-corrected chi connectivity index (χ4v) is 4.51. The average Bonchev–Trinajstić information content (AvgIpc) is 3.18. The average molecular weight is 504 g/mol. The van der Waals surface area contributed by atoms with Gasteiger partial charge in [-0.1, -0.05) is 18.2 Å². The SMILES string of the molecule is CCOc1ccc(C(=O)C2(c3ccc(OC)c(OC)c3)C=C(O)C(=O)N2Cc2cccc(OC)c2)cc1. The van der Waals surface area contributed by atoms with E-state index in [1.807, 2.05) is 13.0 Å². The number of hydrogen-bond donors (Lipinski definition) is 1. The lowest BCUT2D eigenvalue weighted by atomic mass is 9.81. The molecule has 0 spiro atoms. The van der Waals surface area contributed by atoms with Crippen molar-refractivity contribution >= 4 is 11.7 Å².